The third-order valence-electron chi connectivity index (χ3n) is 2.42. The quantitative estimate of drug-likeness (QED) is 0.759. The maximum Gasteiger partial charge on any atom is 0.357 e. The molecule has 80 valence electrons. The molecule has 0 unspecified atom stereocenters. The molecule has 0 spiro atoms. The monoisotopic (exact) mass is 210 g/mol. The molecule has 1 aromatic heterocycles. The molecule has 0 saturated carbocycles. The fraction of sp³-hybridized carbons (Fsp3) is 0.444. The molecule has 0 atom stereocenters. The third kappa shape index (κ3) is 1.70. The number of rotatable bonds is 2. The topological polar surface area (TPSA) is 83.6 Å². The number of hydrogen-bond donors (Lipinski definition) is 1. The minimum atomic E-state index is -1.10. The molecule has 1 aromatic rings. The number of aromatic nitrogens is 1. The molecule has 1 aliphatic heterocycles. The number of hydrogen-bond acceptors (Lipinski definition) is 4. The Morgan fingerprint density at radius 3 is 2.73 bits per heavy atom. The average Bonchev–Trinajstić information content (AvgIpc) is 2.49. The molecule has 15 heavy (non-hydrogen) atoms. The molecule has 6 heteroatoms. The van der Waals surface area contributed by atoms with Gasteiger partial charge in [-0.15, -0.1) is 0 Å². The highest BCUT2D eigenvalue weighted by Gasteiger charge is 2.33. The smallest absolute Gasteiger partial charge is 0.357 e. The van der Waals surface area contributed by atoms with Gasteiger partial charge < -0.3 is 14.4 Å². The molecule has 0 aromatic carbocycles. The van der Waals surface area contributed by atoms with Gasteiger partial charge in [-0.3, -0.25) is 4.79 Å². The van der Waals surface area contributed by atoms with E-state index in [4.69, 9.17) is 9.52 Å². The number of carboxylic acids is 1. The molecule has 1 amide bonds. The number of carbonyl (C=O) groups is 2. The second-order valence-electron chi connectivity index (χ2n) is 3.50. The van der Waals surface area contributed by atoms with Crippen LogP contribution in [-0.4, -0.2) is 40.0 Å². The first kappa shape index (κ1) is 9.70. The van der Waals surface area contributed by atoms with Crippen LogP contribution in [0.1, 0.15) is 29.2 Å². The zero-order valence-corrected chi connectivity index (χ0v) is 8.14. The van der Waals surface area contributed by atoms with Crippen LogP contribution in [0.4, 0.5) is 0 Å². The maximum atomic E-state index is 10.9. The van der Waals surface area contributed by atoms with Crippen molar-refractivity contribution in [3.05, 3.63) is 17.8 Å². The summed E-state index contributed by atoms with van der Waals surface area (Å²) in [5, 5.41) is 8.62. The number of carboxylic acid groups (broad SMARTS) is 1. The van der Waals surface area contributed by atoms with Crippen molar-refractivity contribution >= 4 is 11.9 Å². The number of amides is 1. The van der Waals surface area contributed by atoms with Crippen molar-refractivity contribution in [3.63, 3.8) is 0 Å². The van der Waals surface area contributed by atoms with Gasteiger partial charge in [0.05, 0.1) is 5.92 Å². The molecule has 1 N–H and O–H groups in total. The first-order valence-corrected chi connectivity index (χ1v) is 4.52. The van der Waals surface area contributed by atoms with Crippen molar-refractivity contribution < 1.29 is 19.1 Å². The maximum absolute atomic E-state index is 10.9. The van der Waals surface area contributed by atoms with E-state index in [1.165, 1.54) is 6.92 Å². The highest BCUT2D eigenvalue weighted by molar-refractivity contribution is 5.84. The summed E-state index contributed by atoms with van der Waals surface area (Å²) in [5.41, 5.74) is -0.0914. The van der Waals surface area contributed by atoms with Crippen LogP contribution in [0.3, 0.4) is 0 Å². The Balaban J connectivity index is 2.01. The number of carbonyl (C=O) groups excluding carboxylic acids is 1. The van der Waals surface area contributed by atoms with Gasteiger partial charge in [0.1, 0.15) is 6.26 Å². The highest BCUT2D eigenvalue weighted by Crippen LogP contribution is 2.26. The molecular formula is C9H10N2O4. The van der Waals surface area contributed by atoms with Crippen molar-refractivity contribution in [2.75, 3.05) is 13.1 Å². The Morgan fingerprint density at radius 1 is 1.60 bits per heavy atom. The van der Waals surface area contributed by atoms with Crippen molar-refractivity contribution in [3.8, 4) is 0 Å². The van der Waals surface area contributed by atoms with E-state index in [1.54, 1.807) is 4.90 Å². The Morgan fingerprint density at radius 2 is 2.27 bits per heavy atom. The summed E-state index contributed by atoms with van der Waals surface area (Å²) in [4.78, 5) is 26.9. The molecule has 1 saturated heterocycles. The van der Waals surface area contributed by atoms with Crippen LogP contribution < -0.4 is 0 Å². The summed E-state index contributed by atoms with van der Waals surface area (Å²) < 4.78 is 5.03. The molecule has 1 aliphatic rings. The number of aromatic carboxylic acids is 1. The van der Waals surface area contributed by atoms with E-state index >= 15 is 0 Å². The summed E-state index contributed by atoms with van der Waals surface area (Å²) >= 11 is 0. The molecule has 6 nitrogen and oxygen atoms in total. The molecular weight excluding hydrogens is 200 g/mol. The predicted molar refractivity (Wildman–Crippen MR) is 48.5 cm³/mol. The lowest BCUT2D eigenvalue weighted by atomic mass is 10.0. The fourth-order valence-corrected chi connectivity index (χ4v) is 1.47. The molecule has 2 heterocycles. The van der Waals surface area contributed by atoms with Gasteiger partial charge in [0.15, 0.2) is 5.69 Å². The zero-order chi connectivity index (χ0) is 11.0. The van der Waals surface area contributed by atoms with E-state index in [1.807, 2.05) is 0 Å². The Bertz CT molecular complexity index is 406. The van der Waals surface area contributed by atoms with Crippen LogP contribution in [0.5, 0.6) is 0 Å². The lowest BCUT2D eigenvalue weighted by Crippen LogP contribution is -2.47. The van der Waals surface area contributed by atoms with Gasteiger partial charge in [-0.25, -0.2) is 9.78 Å². The zero-order valence-electron chi connectivity index (χ0n) is 8.14. The summed E-state index contributed by atoms with van der Waals surface area (Å²) in [6, 6.07) is 0. The van der Waals surface area contributed by atoms with Crippen LogP contribution in [-0.2, 0) is 4.79 Å². The molecule has 0 radical (unpaired) electrons. The van der Waals surface area contributed by atoms with E-state index in [9.17, 15) is 9.59 Å². The van der Waals surface area contributed by atoms with Gasteiger partial charge in [-0.1, -0.05) is 0 Å². The Labute approximate surface area is 85.5 Å². The van der Waals surface area contributed by atoms with Crippen LogP contribution in [0, 0.1) is 0 Å². The van der Waals surface area contributed by atoms with E-state index < -0.39 is 5.97 Å². The third-order valence-corrected chi connectivity index (χ3v) is 2.42. The van der Waals surface area contributed by atoms with Crippen LogP contribution in [0.15, 0.2) is 10.7 Å². The standard InChI is InChI=1S/C9H10N2O4/c1-5(12)11-2-6(3-11)8-10-7(4-15-8)9(13)14/h4,6H,2-3H2,1H3,(H,13,14). The van der Waals surface area contributed by atoms with Crippen LogP contribution in [0.2, 0.25) is 0 Å². The summed E-state index contributed by atoms with van der Waals surface area (Å²) in [7, 11) is 0. The van der Waals surface area contributed by atoms with E-state index in [0.29, 0.717) is 19.0 Å². The minimum Gasteiger partial charge on any atom is -0.476 e. The second kappa shape index (κ2) is 3.38. The summed E-state index contributed by atoms with van der Waals surface area (Å²) in [6.07, 6.45) is 1.12. The SMILES string of the molecule is CC(=O)N1CC(c2nc(C(=O)O)co2)C1. The highest BCUT2D eigenvalue weighted by atomic mass is 16.4. The van der Waals surface area contributed by atoms with Gasteiger partial charge in [0, 0.05) is 20.0 Å². The first-order chi connectivity index (χ1) is 7.08. The summed E-state index contributed by atoms with van der Waals surface area (Å²) in [6.45, 7) is 2.60. The molecule has 2 rings (SSSR count). The van der Waals surface area contributed by atoms with Gasteiger partial charge in [-0.2, -0.15) is 0 Å². The van der Waals surface area contributed by atoms with E-state index in [2.05, 4.69) is 4.98 Å². The van der Waals surface area contributed by atoms with Gasteiger partial charge in [0.25, 0.3) is 0 Å². The Hall–Kier alpha value is -1.85. The normalized spacial score (nSPS) is 16.2. The van der Waals surface area contributed by atoms with Crippen LogP contribution >= 0.6 is 0 Å². The van der Waals surface area contributed by atoms with Crippen molar-refractivity contribution in [2.24, 2.45) is 0 Å². The second-order valence-corrected chi connectivity index (χ2v) is 3.50. The fourth-order valence-electron chi connectivity index (χ4n) is 1.47. The molecule has 1 fully saturated rings. The van der Waals surface area contributed by atoms with Gasteiger partial charge >= 0.3 is 5.97 Å². The van der Waals surface area contributed by atoms with Gasteiger partial charge in [-0.05, 0) is 0 Å². The first-order valence-electron chi connectivity index (χ1n) is 4.52. The summed E-state index contributed by atoms with van der Waals surface area (Å²) in [5.74, 6) is -0.670. The van der Waals surface area contributed by atoms with Crippen LogP contribution in [0.25, 0.3) is 0 Å². The Kier molecular flexibility index (Phi) is 2.18. The lowest BCUT2D eigenvalue weighted by molar-refractivity contribution is -0.133. The van der Waals surface area contributed by atoms with E-state index in [-0.39, 0.29) is 17.5 Å². The largest absolute Gasteiger partial charge is 0.476 e. The lowest BCUT2D eigenvalue weighted by Gasteiger charge is -2.36. The number of likely N-dealkylation sites (tertiary alicyclic amines) is 1. The minimum absolute atomic E-state index is 0.0104. The molecule has 0 bridgehead atoms. The average molecular weight is 210 g/mol. The van der Waals surface area contributed by atoms with Gasteiger partial charge in [0.2, 0.25) is 11.8 Å². The van der Waals surface area contributed by atoms with Crippen molar-refractivity contribution in [1.82, 2.24) is 9.88 Å². The number of oxazole rings is 1. The van der Waals surface area contributed by atoms with Crippen molar-refractivity contribution in [1.29, 1.82) is 0 Å². The molecule has 0 aliphatic carbocycles. The van der Waals surface area contributed by atoms with Crippen molar-refractivity contribution in [2.45, 2.75) is 12.8 Å². The number of nitrogens with zero attached hydrogens (tertiary/aromatic N) is 2. The van der Waals surface area contributed by atoms with E-state index in [0.717, 1.165) is 6.26 Å². The predicted octanol–water partition coefficient (Wildman–Crippen LogP) is 0.318.